The van der Waals surface area contributed by atoms with Crippen LogP contribution in [0.2, 0.25) is 0 Å². The molecule has 0 saturated heterocycles. The first-order chi connectivity index (χ1) is 40.0. The standard InChI is InChI=1S/C75H136O6/c1-4-7-10-13-16-19-22-25-28-30-32-34-35-36-37-38-39-40-41-43-44-47-50-53-56-59-62-65-68-74(77)80-71-72(70-79-73(76)67-64-61-58-55-52-49-46-27-24-21-18-15-12-9-6-3)81-75(78)69-66-63-60-57-54-51-48-45-42-33-31-29-26-23-20-17-14-11-8-5-2/h9,12,18,21,27,46,52,55,61,64,72H,4-8,10-11,13-17,19-20,22-26,28-45,47-51,53-54,56-60,62-63,65-71H2,1-3H3/b12-9-,21-18-,46-27-,55-52-,64-61-. The van der Waals surface area contributed by atoms with E-state index >= 15 is 0 Å². The van der Waals surface area contributed by atoms with E-state index in [-0.39, 0.29) is 31.6 Å². The molecule has 0 spiro atoms. The van der Waals surface area contributed by atoms with E-state index in [9.17, 15) is 14.4 Å². The third kappa shape index (κ3) is 67.8. The molecule has 6 nitrogen and oxygen atoms in total. The Morgan fingerprint density at radius 1 is 0.259 bits per heavy atom. The van der Waals surface area contributed by atoms with Crippen LogP contribution in [0.5, 0.6) is 0 Å². The summed E-state index contributed by atoms with van der Waals surface area (Å²) in [5.41, 5.74) is 0. The molecule has 1 unspecified atom stereocenters. The number of esters is 3. The average molecular weight is 1130 g/mol. The predicted octanol–water partition coefficient (Wildman–Crippen LogP) is 24.7. The second-order valence-corrected chi connectivity index (χ2v) is 24.2. The summed E-state index contributed by atoms with van der Waals surface area (Å²) >= 11 is 0. The van der Waals surface area contributed by atoms with Gasteiger partial charge in [-0.1, -0.05) is 377 Å². The van der Waals surface area contributed by atoms with Gasteiger partial charge < -0.3 is 14.2 Å². The molecule has 472 valence electrons. The van der Waals surface area contributed by atoms with Crippen LogP contribution in [0.4, 0.5) is 0 Å². The monoisotopic (exact) mass is 1130 g/mol. The summed E-state index contributed by atoms with van der Waals surface area (Å²) < 4.78 is 16.9. The van der Waals surface area contributed by atoms with E-state index in [0.717, 1.165) is 70.6 Å². The van der Waals surface area contributed by atoms with Gasteiger partial charge in [-0.3, -0.25) is 14.4 Å². The van der Waals surface area contributed by atoms with Crippen LogP contribution >= 0.6 is 0 Å². The number of allylic oxidation sites excluding steroid dienone is 9. The van der Waals surface area contributed by atoms with E-state index in [1.807, 2.05) is 12.2 Å². The summed E-state index contributed by atoms with van der Waals surface area (Å²) in [5.74, 6) is -1.01. The summed E-state index contributed by atoms with van der Waals surface area (Å²) in [6.45, 7) is 6.51. The molecule has 0 aromatic carbocycles. The third-order valence-corrected chi connectivity index (χ3v) is 16.1. The lowest BCUT2D eigenvalue weighted by Crippen LogP contribution is -2.30. The van der Waals surface area contributed by atoms with E-state index in [2.05, 4.69) is 69.4 Å². The number of hydrogen-bond acceptors (Lipinski definition) is 6. The number of carbonyl (C=O) groups excluding carboxylic acids is 3. The number of carbonyl (C=O) groups is 3. The average Bonchev–Trinajstić information content (AvgIpc) is 3.47. The highest BCUT2D eigenvalue weighted by Gasteiger charge is 2.19. The van der Waals surface area contributed by atoms with Gasteiger partial charge >= 0.3 is 17.9 Å². The largest absolute Gasteiger partial charge is 0.462 e. The van der Waals surface area contributed by atoms with Crippen LogP contribution < -0.4 is 0 Å². The van der Waals surface area contributed by atoms with Gasteiger partial charge in [0.15, 0.2) is 6.10 Å². The van der Waals surface area contributed by atoms with Crippen LogP contribution in [0.1, 0.15) is 380 Å². The molecule has 0 aliphatic heterocycles. The Morgan fingerprint density at radius 3 is 0.753 bits per heavy atom. The van der Waals surface area contributed by atoms with Crippen molar-refractivity contribution in [2.75, 3.05) is 13.2 Å². The fourth-order valence-electron chi connectivity index (χ4n) is 10.8. The Morgan fingerprint density at radius 2 is 0.481 bits per heavy atom. The predicted molar refractivity (Wildman–Crippen MR) is 353 cm³/mol. The van der Waals surface area contributed by atoms with Crippen molar-refractivity contribution >= 4 is 17.9 Å². The van der Waals surface area contributed by atoms with E-state index in [0.29, 0.717) is 12.8 Å². The normalized spacial score (nSPS) is 12.4. The number of ether oxygens (including phenoxy) is 3. The maximum atomic E-state index is 12.9. The molecule has 0 bridgehead atoms. The Balaban J connectivity index is 4.27. The SMILES string of the molecule is CC/C=C\C/C=C\C/C=C\C/C=C\C/C=C\CC(=O)OCC(COC(=O)CCCCCCCCCCCCCCCCCCCCCCCCCCCCCC)OC(=O)CCCCCCCCCCCCCCCCCCCCCC. The van der Waals surface area contributed by atoms with Crippen molar-refractivity contribution in [3.05, 3.63) is 60.8 Å². The van der Waals surface area contributed by atoms with Gasteiger partial charge in [-0.2, -0.15) is 0 Å². The second-order valence-electron chi connectivity index (χ2n) is 24.2. The molecule has 0 saturated carbocycles. The van der Waals surface area contributed by atoms with Crippen LogP contribution in [0, 0.1) is 0 Å². The minimum Gasteiger partial charge on any atom is -0.462 e. The second kappa shape index (κ2) is 69.6. The van der Waals surface area contributed by atoms with Gasteiger partial charge in [0.05, 0.1) is 6.42 Å². The molecule has 0 aromatic rings. The van der Waals surface area contributed by atoms with Crippen molar-refractivity contribution in [2.24, 2.45) is 0 Å². The Bertz CT molecular complexity index is 1440. The van der Waals surface area contributed by atoms with E-state index in [1.165, 1.54) is 270 Å². The molecule has 0 heterocycles. The van der Waals surface area contributed by atoms with Crippen LogP contribution in [0.15, 0.2) is 60.8 Å². The molecular formula is C75H136O6. The quantitative estimate of drug-likeness (QED) is 0.0261. The minimum atomic E-state index is -0.812. The highest BCUT2D eigenvalue weighted by Crippen LogP contribution is 2.19. The number of hydrogen-bond donors (Lipinski definition) is 0. The molecule has 0 aliphatic carbocycles. The molecule has 0 aromatic heterocycles. The maximum absolute atomic E-state index is 12.9. The molecule has 0 rings (SSSR count). The van der Waals surface area contributed by atoms with Crippen molar-refractivity contribution in [1.82, 2.24) is 0 Å². The van der Waals surface area contributed by atoms with Crippen LogP contribution in [-0.2, 0) is 28.6 Å². The third-order valence-electron chi connectivity index (χ3n) is 16.1. The number of rotatable bonds is 66. The Hall–Kier alpha value is -2.89. The molecule has 1 atom stereocenters. The minimum absolute atomic E-state index is 0.0989. The van der Waals surface area contributed by atoms with E-state index in [4.69, 9.17) is 14.2 Å². The number of unbranched alkanes of at least 4 members (excludes halogenated alkanes) is 46. The fraction of sp³-hybridized carbons (Fsp3) is 0.827. The molecular weight excluding hydrogens is 997 g/mol. The zero-order valence-corrected chi connectivity index (χ0v) is 54.3. The molecule has 0 N–H and O–H groups in total. The van der Waals surface area contributed by atoms with Crippen molar-refractivity contribution in [2.45, 2.75) is 386 Å². The zero-order chi connectivity index (χ0) is 58.5. The molecule has 81 heavy (non-hydrogen) atoms. The van der Waals surface area contributed by atoms with Gasteiger partial charge in [0.2, 0.25) is 0 Å². The van der Waals surface area contributed by atoms with Crippen LogP contribution in [0.25, 0.3) is 0 Å². The molecule has 0 aliphatic rings. The maximum Gasteiger partial charge on any atom is 0.309 e. The smallest absolute Gasteiger partial charge is 0.309 e. The zero-order valence-electron chi connectivity index (χ0n) is 54.3. The summed E-state index contributed by atoms with van der Waals surface area (Å²) in [4.78, 5) is 38.4. The first-order valence-corrected chi connectivity index (χ1v) is 35.8. The Kier molecular flexibility index (Phi) is 67.1. The van der Waals surface area contributed by atoms with E-state index in [1.54, 1.807) is 0 Å². The molecule has 0 amide bonds. The first-order valence-electron chi connectivity index (χ1n) is 35.8. The topological polar surface area (TPSA) is 78.9 Å². The van der Waals surface area contributed by atoms with Gasteiger partial charge in [0.1, 0.15) is 13.2 Å². The van der Waals surface area contributed by atoms with Crippen molar-refractivity contribution in [3.8, 4) is 0 Å². The summed E-state index contributed by atoms with van der Waals surface area (Å²) in [6, 6.07) is 0. The van der Waals surface area contributed by atoms with Gasteiger partial charge in [0.25, 0.3) is 0 Å². The molecule has 0 fully saturated rings. The lowest BCUT2D eigenvalue weighted by Gasteiger charge is -2.18. The van der Waals surface area contributed by atoms with Crippen molar-refractivity contribution in [1.29, 1.82) is 0 Å². The molecule has 6 heteroatoms. The van der Waals surface area contributed by atoms with Crippen molar-refractivity contribution in [3.63, 3.8) is 0 Å². The fourth-order valence-corrected chi connectivity index (χ4v) is 10.8. The summed E-state index contributed by atoms with van der Waals surface area (Å²) in [6.07, 6.45) is 90.1. The molecule has 0 radical (unpaired) electrons. The summed E-state index contributed by atoms with van der Waals surface area (Å²) in [5, 5.41) is 0. The highest BCUT2D eigenvalue weighted by atomic mass is 16.6. The van der Waals surface area contributed by atoms with E-state index < -0.39 is 12.1 Å². The lowest BCUT2D eigenvalue weighted by atomic mass is 10.0. The van der Waals surface area contributed by atoms with Gasteiger partial charge in [0, 0.05) is 12.8 Å². The summed E-state index contributed by atoms with van der Waals surface area (Å²) in [7, 11) is 0. The van der Waals surface area contributed by atoms with Crippen LogP contribution in [-0.4, -0.2) is 37.2 Å². The van der Waals surface area contributed by atoms with Crippen molar-refractivity contribution < 1.29 is 28.6 Å². The van der Waals surface area contributed by atoms with Gasteiger partial charge in [-0.25, -0.2) is 0 Å². The van der Waals surface area contributed by atoms with Gasteiger partial charge in [-0.05, 0) is 44.9 Å². The first kappa shape index (κ1) is 78.1. The highest BCUT2D eigenvalue weighted by molar-refractivity contribution is 5.72. The lowest BCUT2D eigenvalue weighted by molar-refractivity contribution is -0.166. The van der Waals surface area contributed by atoms with Gasteiger partial charge in [-0.15, -0.1) is 0 Å². The Labute approximate surface area is 504 Å². The van der Waals surface area contributed by atoms with Crippen LogP contribution in [0.3, 0.4) is 0 Å².